The molecule has 0 aromatic carbocycles. The zero-order valence-corrected chi connectivity index (χ0v) is 12.8. The summed E-state index contributed by atoms with van der Waals surface area (Å²) in [4.78, 5) is 19.2. The van der Waals surface area contributed by atoms with Crippen molar-refractivity contribution in [2.75, 3.05) is 18.4 Å². The second-order valence-corrected chi connectivity index (χ2v) is 6.22. The molecular weight excluding hydrogens is 262 g/mol. The van der Waals surface area contributed by atoms with Gasteiger partial charge in [-0.15, -0.1) is 0 Å². The molecule has 3 rings (SSSR count). The van der Waals surface area contributed by atoms with E-state index in [9.17, 15) is 4.79 Å². The van der Waals surface area contributed by atoms with Gasteiger partial charge in [-0.3, -0.25) is 4.79 Å². The maximum Gasteiger partial charge on any atom is 0.255 e. The zero-order valence-electron chi connectivity index (χ0n) is 12.8. The van der Waals surface area contributed by atoms with Gasteiger partial charge in [-0.2, -0.15) is 0 Å². The number of nitrogens with one attached hydrogen (secondary N) is 1. The molecule has 1 aromatic heterocycles. The van der Waals surface area contributed by atoms with Crippen LogP contribution >= 0.6 is 0 Å². The van der Waals surface area contributed by atoms with Gasteiger partial charge in [-0.1, -0.05) is 12.8 Å². The van der Waals surface area contributed by atoms with Gasteiger partial charge in [-0.05, 0) is 50.7 Å². The van der Waals surface area contributed by atoms with Crippen LogP contribution in [0.15, 0.2) is 18.3 Å². The van der Waals surface area contributed by atoms with Crippen LogP contribution in [0.4, 0.5) is 5.82 Å². The molecule has 1 aliphatic carbocycles. The second kappa shape index (κ2) is 6.46. The van der Waals surface area contributed by atoms with E-state index in [4.69, 9.17) is 0 Å². The molecule has 4 nitrogen and oxygen atoms in total. The fourth-order valence-corrected chi connectivity index (χ4v) is 3.85. The number of nitrogens with zero attached hydrogens (tertiary/aromatic N) is 2. The number of hydrogen-bond acceptors (Lipinski definition) is 3. The van der Waals surface area contributed by atoms with Crippen molar-refractivity contribution in [3.05, 3.63) is 23.9 Å². The topological polar surface area (TPSA) is 45.2 Å². The van der Waals surface area contributed by atoms with Gasteiger partial charge in [0.25, 0.3) is 5.91 Å². The van der Waals surface area contributed by atoms with Crippen LogP contribution in [0.25, 0.3) is 0 Å². The van der Waals surface area contributed by atoms with Gasteiger partial charge in [0.2, 0.25) is 0 Å². The van der Waals surface area contributed by atoms with E-state index in [1.807, 2.05) is 19.1 Å². The van der Waals surface area contributed by atoms with Crippen molar-refractivity contribution in [3.63, 3.8) is 0 Å². The number of hydrogen-bond donors (Lipinski definition) is 1. The maximum atomic E-state index is 12.7. The number of carbonyl (C=O) groups excluding carboxylic acids is 1. The summed E-state index contributed by atoms with van der Waals surface area (Å²) in [6.45, 7) is 3.79. The molecule has 2 aliphatic rings. The quantitative estimate of drug-likeness (QED) is 0.924. The van der Waals surface area contributed by atoms with Crippen molar-refractivity contribution >= 4 is 11.7 Å². The standard InChI is InChI=1S/C17H25N3O/c1-2-18-16-10-9-14(12-19-16)17(21)20-11-5-8-15(20)13-6-3-4-7-13/h9-10,12-13,15H,2-8,11H2,1H3,(H,18,19). The summed E-state index contributed by atoms with van der Waals surface area (Å²) in [7, 11) is 0. The summed E-state index contributed by atoms with van der Waals surface area (Å²) in [6, 6.07) is 4.27. The molecule has 0 radical (unpaired) electrons. The Bertz CT molecular complexity index is 479. The summed E-state index contributed by atoms with van der Waals surface area (Å²) < 4.78 is 0. The summed E-state index contributed by atoms with van der Waals surface area (Å²) in [6.07, 6.45) is 9.31. The molecule has 21 heavy (non-hydrogen) atoms. The van der Waals surface area contributed by atoms with Crippen molar-refractivity contribution in [1.29, 1.82) is 0 Å². The molecule has 2 fully saturated rings. The molecule has 4 heteroatoms. The van der Waals surface area contributed by atoms with E-state index in [-0.39, 0.29) is 5.91 Å². The molecule has 1 saturated carbocycles. The fraction of sp³-hybridized carbons (Fsp3) is 0.647. The third kappa shape index (κ3) is 3.04. The minimum Gasteiger partial charge on any atom is -0.370 e. The van der Waals surface area contributed by atoms with E-state index in [1.54, 1.807) is 6.20 Å². The van der Waals surface area contributed by atoms with Crippen LogP contribution in [-0.2, 0) is 0 Å². The Kier molecular flexibility index (Phi) is 4.42. The summed E-state index contributed by atoms with van der Waals surface area (Å²) >= 11 is 0. The van der Waals surface area contributed by atoms with Crippen molar-refractivity contribution in [3.8, 4) is 0 Å². The van der Waals surface area contributed by atoms with Crippen molar-refractivity contribution in [2.45, 2.75) is 51.5 Å². The Hall–Kier alpha value is -1.58. The van der Waals surface area contributed by atoms with Crippen LogP contribution in [0.2, 0.25) is 0 Å². The normalized spacial score (nSPS) is 22.7. The van der Waals surface area contributed by atoms with E-state index >= 15 is 0 Å². The van der Waals surface area contributed by atoms with E-state index in [2.05, 4.69) is 15.2 Å². The number of aromatic nitrogens is 1. The molecule has 1 aliphatic heterocycles. The predicted molar refractivity (Wildman–Crippen MR) is 84.4 cm³/mol. The molecule has 0 bridgehead atoms. The Morgan fingerprint density at radius 2 is 2.10 bits per heavy atom. The molecule has 1 atom stereocenters. The van der Waals surface area contributed by atoms with E-state index in [0.717, 1.165) is 36.8 Å². The number of likely N-dealkylation sites (tertiary alicyclic amines) is 1. The fourth-order valence-electron chi connectivity index (χ4n) is 3.85. The average molecular weight is 287 g/mol. The Morgan fingerprint density at radius 3 is 2.76 bits per heavy atom. The van der Waals surface area contributed by atoms with Gasteiger partial charge >= 0.3 is 0 Å². The van der Waals surface area contributed by atoms with Gasteiger partial charge in [0.15, 0.2) is 0 Å². The lowest BCUT2D eigenvalue weighted by Gasteiger charge is -2.29. The number of pyridine rings is 1. The van der Waals surface area contributed by atoms with Gasteiger partial charge < -0.3 is 10.2 Å². The third-order valence-corrected chi connectivity index (χ3v) is 4.87. The number of anilines is 1. The van der Waals surface area contributed by atoms with Gasteiger partial charge in [0.1, 0.15) is 5.82 Å². The lowest BCUT2D eigenvalue weighted by Crippen LogP contribution is -2.39. The lowest BCUT2D eigenvalue weighted by atomic mass is 9.95. The minimum absolute atomic E-state index is 0.167. The Balaban J connectivity index is 1.71. The van der Waals surface area contributed by atoms with Crippen molar-refractivity contribution in [1.82, 2.24) is 9.88 Å². The maximum absolute atomic E-state index is 12.7. The summed E-state index contributed by atoms with van der Waals surface area (Å²) in [5, 5.41) is 3.16. The highest BCUT2D eigenvalue weighted by Crippen LogP contribution is 2.36. The van der Waals surface area contributed by atoms with Crippen molar-refractivity contribution in [2.24, 2.45) is 5.92 Å². The lowest BCUT2D eigenvalue weighted by molar-refractivity contribution is 0.0688. The number of carbonyl (C=O) groups is 1. The number of rotatable bonds is 4. The average Bonchev–Trinajstić information content (AvgIpc) is 3.18. The molecule has 2 heterocycles. The van der Waals surface area contributed by atoms with Gasteiger partial charge in [0.05, 0.1) is 5.56 Å². The first-order valence-corrected chi connectivity index (χ1v) is 8.30. The van der Waals surface area contributed by atoms with Crippen LogP contribution in [0, 0.1) is 5.92 Å². The minimum atomic E-state index is 0.167. The SMILES string of the molecule is CCNc1ccc(C(=O)N2CCCC2C2CCCC2)cn1. The zero-order chi connectivity index (χ0) is 14.7. The first kappa shape index (κ1) is 14.4. The molecule has 1 unspecified atom stereocenters. The first-order valence-electron chi connectivity index (χ1n) is 8.30. The van der Waals surface area contributed by atoms with Gasteiger partial charge in [-0.25, -0.2) is 4.98 Å². The van der Waals surface area contributed by atoms with E-state index in [0.29, 0.717) is 6.04 Å². The van der Waals surface area contributed by atoms with Crippen LogP contribution < -0.4 is 5.32 Å². The van der Waals surface area contributed by atoms with Crippen LogP contribution in [0.3, 0.4) is 0 Å². The molecule has 0 spiro atoms. The predicted octanol–water partition coefficient (Wildman–Crippen LogP) is 3.31. The van der Waals surface area contributed by atoms with E-state index < -0.39 is 0 Å². The van der Waals surface area contributed by atoms with E-state index in [1.165, 1.54) is 32.1 Å². The molecule has 1 amide bonds. The smallest absolute Gasteiger partial charge is 0.255 e. The first-order chi connectivity index (χ1) is 10.3. The monoisotopic (exact) mass is 287 g/mol. The Labute approximate surface area is 126 Å². The van der Waals surface area contributed by atoms with Crippen LogP contribution in [-0.4, -0.2) is 34.9 Å². The van der Waals surface area contributed by atoms with Gasteiger partial charge in [0, 0.05) is 25.3 Å². The second-order valence-electron chi connectivity index (χ2n) is 6.22. The Morgan fingerprint density at radius 1 is 1.29 bits per heavy atom. The summed E-state index contributed by atoms with van der Waals surface area (Å²) in [5.74, 6) is 1.73. The highest BCUT2D eigenvalue weighted by molar-refractivity contribution is 5.94. The number of amides is 1. The summed E-state index contributed by atoms with van der Waals surface area (Å²) in [5.41, 5.74) is 0.724. The molecule has 1 N–H and O–H groups in total. The highest BCUT2D eigenvalue weighted by Gasteiger charge is 2.36. The van der Waals surface area contributed by atoms with Crippen LogP contribution in [0.5, 0.6) is 0 Å². The third-order valence-electron chi connectivity index (χ3n) is 4.87. The molecule has 1 saturated heterocycles. The molecule has 114 valence electrons. The van der Waals surface area contributed by atoms with Crippen LogP contribution in [0.1, 0.15) is 55.8 Å². The molecular formula is C17H25N3O. The van der Waals surface area contributed by atoms with Crippen molar-refractivity contribution < 1.29 is 4.79 Å². The largest absolute Gasteiger partial charge is 0.370 e. The highest BCUT2D eigenvalue weighted by atomic mass is 16.2. The molecule has 1 aromatic rings.